The third kappa shape index (κ3) is 2.43. The summed E-state index contributed by atoms with van der Waals surface area (Å²) >= 11 is 5.24. The van der Waals surface area contributed by atoms with Crippen LogP contribution >= 0.6 is 11.6 Å². The van der Waals surface area contributed by atoms with Crippen molar-refractivity contribution >= 4 is 17.5 Å². The summed E-state index contributed by atoms with van der Waals surface area (Å²) < 4.78 is 4.54. The van der Waals surface area contributed by atoms with Gasteiger partial charge in [-0.2, -0.15) is 5.26 Å². The first-order chi connectivity index (χ1) is 3.85. The molecule has 0 N–H and O–H groups in total. The Kier molecular flexibility index (Phi) is 4.00. The van der Waals surface area contributed by atoms with Gasteiger partial charge in [-0.1, -0.05) is 0 Å². The summed E-state index contributed by atoms with van der Waals surface area (Å²) in [4.78, 5) is 3.23. The van der Waals surface area contributed by atoms with Crippen molar-refractivity contribution in [3.8, 4) is 6.19 Å². The van der Waals surface area contributed by atoms with E-state index in [9.17, 15) is 0 Å². The molecule has 0 aromatic rings. The standard InChI is InChI=1S/C4H5ClN2O/c1-8-4(2-5)7-3-6/h2H2,1H3. The number of aliphatic imine (C=N–C) groups is 1. The summed E-state index contributed by atoms with van der Waals surface area (Å²) in [7, 11) is 1.42. The van der Waals surface area contributed by atoms with Crippen LogP contribution in [0.4, 0.5) is 0 Å². The van der Waals surface area contributed by atoms with E-state index in [0.29, 0.717) is 0 Å². The molecule has 0 rings (SSSR count). The van der Waals surface area contributed by atoms with Crippen molar-refractivity contribution in [2.24, 2.45) is 4.99 Å². The van der Waals surface area contributed by atoms with Gasteiger partial charge in [0.05, 0.1) is 13.0 Å². The highest BCUT2D eigenvalue weighted by atomic mass is 35.5. The molecule has 0 unspecified atom stereocenters. The van der Waals surface area contributed by atoms with Gasteiger partial charge in [0, 0.05) is 0 Å². The van der Waals surface area contributed by atoms with Crippen LogP contribution in [0, 0.1) is 11.5 Å². The van der Waals surface area contributed by atoms with E-state index in [0.717, 1.165) is 0 Å². The molecule has 0 spiro atoms. The predicted octanol–water partition coefficient (Wildman–Crippen LogP) is 0.751. The van der Waals surface area contributed by atoms with Crippen LogP contribution in [0.1, 0.15) is 0 Å². The molecule has 0 aliphatic rings. The number of alkyl halides is 1. The maximum atomic E-state index is 7.92. The lowest BCUT2D eigenvalue weighted by Gasteiger charge is -1.92. The number of nitrogens with zero attached hydrogens (tertiary/aromatic N) is 2. The van der Waals surface area contributed by atoms with Crippen molar-refractivity contribution in [2.75, 3.05) is 13.0 Å². The van der Waals surface area contributed by atoms with Crippen molar-refractivity contribution in [1.82, 2.24) is 0 Å². The van der Waals surface area contributed by atoms with E-state index in [2.05, 4.69) is 9.73 Å². The highest BCUT2D eigenvalue weighted by molar-refractivity contribution is 6.27. The average molecular weight is 133 g/mol. The summed E-state index contributed by atoms with van der Waals surface area (Å²) in [6.07, 6.45) is 1.55. The van der Waals surface area contributed by atoms with Gasteiger partial charge in [0.2, 0.25) is 12.1 Å². The second-order valence-electron chi connectivity index (χ2n) is 0.943. The molecule has 0 aromatic carbocycles. The Bertz CT molecular complexity index is 120. The number of halogens is 1. The maximum Gasteiger partial charge on any atom is 0.214 e. The SMILES string of the molecule is COC(CCl)=NC#N. The number of hydrogen-bond donors (Lipinski definition) is 0. The van der Waals surface area contributed by atoms with Crippen LogP contribution in [-0.4, -0.2) is 18.9 Å². The van der Waals surface area contributed by atoms with Gasteiger partial charge in [-0.25, -0.2) is 0 Å². The van der Waals surface area contributed by atoms with Crippen LogP contribution in [0.3, 0.4) is 0 Å². The molecule has 0 aliphatic carbocycles. The van der Waals surface area contributed by atoms with Crippen molar-refractivity contribution in [1.29, 1.82) is 5.26 Å². The van der Waals surface area contributed by atoms with E-state index in [1.807, 2.05) is 0 Å². The fourth-order valence-electron chi connectivity index (χ4n) is 0.186. The second kappa shape index (κ2) is 4.41. The lowest BCUT2D eigenvalue weighted by Crippen LogP contribution is -2.00. The molecule has 0 bridgehead atoms. The van der Waals surface area contributed by atoms with Gasteiger partial charge in [-0.3, -0.25) is 0 Å². The Labute approximate surface area is 52.5 Å². The Balaban J connectivity index is 3.72. The smallest absolute Gasteiger partial charge is 0.214 e. The maximum absolute atomic E-state index is 7.92. The van der Waals surface area contributed by atoms with Gasteiger partial charge in [0.15, 0.2) is 0 Å². The second-order valence-corrected chi connectivity index (χ2v) is 1.21. The number of rotatable bonds is 1. The topological polar surface area (TPSA) is 45.4 Å². The minimum Gasteiger partial charge on any atom is -0.483 e. The van der Waals surface area contributed by atoms with E-state index in [4.69, 9.17) is 16.9 Å². The lowest BCUT2D eigenvalue weighted by atomic mass is 10.8. The van der Waals surface area contributed by atoms with E-state index in [1.54, 1.807) is 6.19 Å². The van der Waals surface area contributed by atoms with Crippen molar-refractivity contribution < 1.29 is 4.74 Å². The molecule has 0 saturated carbocycles. The van der Waals surface area contributed by atoms with Crippen LogP contribution in [0.2, 0.25) is 0 Å². The molecule has 44 valence electrons. The van der Waals surface area contributed by atoms with Crippen LogP contribution in [0.5, 0.6) is 0 Å². The summed E-state index contributed by atoms with van der Waals surface area (Å²) in [5.41, 5.74) is 0. The van der Waals surface area contributed by atoms with Gasteiger partial charge in [0.1, 0.15) is 0 Å². The van der Waals surface area contributed by atoms with E-state index in [1.165, 1.54) is 7.11 Å². The zero-order valence-corrected chi connectivity index (χ0v) is 5.14. The first-order valence-corrected chi connectivity index (χ1v) is 2.44. The molecule has 0 atom stereocenters. The number of methoxy groups -OCH3 is 1. The zero-order chi connectivity index (χ0) is 6.41. The Hall–Kier alpha value is -0.750. The minimum atomic E-state index is 0.143. The average Bonchev–Trinajstić information content (AvgIpc) is 1.83. The van der Waals surface area contributed by atoms with Crippen LogP contribution in [0.15, 0.2) is 4.99 Å². The van der Waals surface area contributed by atoms with Crippen LogP contribution < -0.4 is 0 Å². The van der Waals surface area contributed by atoms with Crippen LogP contribution in [-0.2, 0) is 4.74 Å². The number of hydrogen-bond acceptors (Lipinski definition) is 3. The normalized spacial score (nSPS) is 10.4. The first kappa shape index (κ1) is 7.25. The van der Waals surface area contributed by atoms with Gasteiger partial charge < -0.3 is 4.74 Å². The molecule has 0 heterocycles. The van der Waals surface area contributed by atoms with Crippen molar-refractivity contribution in [3.05, 3.63) is 0 Å². The summed E-state index contributed by atoms with van der Waals surface area (Å²) in [6.45, 7) is 0. The number of nitriles is 1. The molecule has 0 saturated heterocycles. The molecular weight excluding hydrogens is 128 g/mol. The van der Waals surface area contributed by atoms with Crippen molar-refractivity contribution in [2.45, 2.75) is 0 Å². The van der Waals surface area contributed by atoms with Gasteiger partial charge >= 0.3 is 0 Å². The summed E-state index contributed by atoms with van der Waals surface area (Å²) in [5, 5.41) is 7.92. The van der Waals surface area contributed by atoms with Crippen molar-refractivity contribution in [3.63, 3.8) is 0 Å². The van der Waals surface area contributed by atoms with E-state index < -0.39 is 0 Å². The molecular formula is C4H5ClN2O. The Morgan fingerprint density at radius 2 is 2.62 bits per heavy atom. The Morgan fingerprint density at radius 1 is 2.00 bits per heavy atom. The zero-order valence-electron chi connectivity index (χ0n) is 4.39. The minimum absolute atomic E-state index is 0.143. The largest absolute Gasteiger partial charge is 0.483 e. The molecule has 0 fully saturated rings. The van der Waals surface area contributed by atoms with Gasteiger partial charge in [0.25, 0.3) is 0 Å². The molecule has 4 heteroatoms. The van der Waals surface area contributed by atoms with Gasteiger partial charge in [-0.15, -0.1) is 16.6 Å². The van der Waals surface area contributed by atoms with Crippen LogP contribution in [0.25, 0.3) is 0 Å². The highest BCUT2D eigenvalue weighted by Gasteiger charge is 1.90. The van der Waals surface area contributed by atoms with Gasteiger partial charge in [-0.05, 0) is 0 Å². The third-order valence-electron chi connectivity index (χ3n) is 0.525. The number of ether oxygens (including phenoxy) is 1. The quantitative estimate of drug-likeness (QED) is 0.229. The monoisotopic (exact) mass is 132 g/mol. The highest BCUT2D eigenvalue weighted by Crippen LogP contribution is 1.82. The predicted molar refractivity (Wildman–Crippen MR) is 30.8 cm³/mol. The molecule has 0 aliphatic heterocycles. The molecule has 8 heavy (non-hydrogen) atoms. The van der Waals surface area contributed by atoms with E-state index in [-0.39, 0.29) is 11.8 Å². The van der Waals surface area contributed by atoms with E-state index >= 15 is 0 Å². The first-order valence-electron chi connectivity index (χ1n) is 1.90. The lowest BCUT2D eigenvalue weighted by molar-refractivity contribution is 0.401. The molecule has 0 aromatic heterocycles. The Morgan fingerprint density at radius 3 is 2.75 bits per heavy atom. The summed E-state index contributed by atoms with van der Waals surface area (Å²) in [6, 6.07) is 0. The fourth-order valence-corrected chi connectivity index (χ4v) is 0.355. The molecule has 0 amide bonds. The molecule has 3 nitrogen and oxygen atoms in total. The summed E-state index contributed by atoms with van der Waals surface area (Å²) in [5.74, 6) is 0.388. The molecule has 0 radical (unpaired) electrons. The fraction of sp³-hybridized carbons (Fsp3) is 0.500. The third-order valence-corrected chi connectivity index (χ3v) is 0.753.